The van der Waals surface area contributed by atoms with E-state index in [0.29, 0.717) is 18.6 Å². The third-order valence-corrected chi connectivity index (χ3v) is 4.42. The van der Waals surface area contributed by atoms with Crippen molar-refractivity contribution in [3.05, 3.63) is 53.6 Å². The van der Waals surface area contributed by atoms with Crippen LogP contribution in [0.1, 0.15) is 36.8 Å². The Hall–Kier alpha value is -1.94. The Morgan fingerprint density at radius 1 is 1.26 bits per heavy atom. The van der Waals surface area contributed by atoms with E-state index in [0.717, 1.165) is 35.8 Å². The van der Waals surface area contributed by atoms with Crippen LogP contribution in [0.2, 0.25) is 0 Å². The fourth-order valence-corrected chi connectivity index (χ4v) is 3.16. The third kappa shape index (κ3) is 4.52. The zero-order chi connectivity index (χ0) is 16.1. The van der Waals surface area contributed by atoms with Crippen molar-refractivity contribution in [1.82, 2.24) is 15.3 Å². The number of nitrogens with zero attached hydrogens (tertiary/aromatic N) is 2. The van der Waals surface area contributed by atoms with Crippen LogP contribution in [0, 0.1) is 12.8 Å². The Morgan fingerprint density at radius 2 is 2.09 bits per heavy atom. The van der Waals surface area contributed by atoms with E-state index in [1.165, 1.54) is 12.8 Å². The summed E-state index contributed by atoms with van der Waals surface area (Å²) in [5.74, 6) is 2.40. The quantitative estimate of drug-likeness (QED) is 0.920. The first kappa shape index (κ1) is 15.9. The second kappa shape index (κ2) is 7.55. The summed E-state index contributed by atoms with van der Waals surface area (Å²) in [5, 5.41) is 3.49. The summed E-state index contributed by atoms with van der Waals surface area (Å²) in [6.07, 6.45) is 5.20. The van der Waals surface area contributed by atoms with Gasteiger partial charge in [0.1, 0.15) is 12.4 Å². The van der Waals surface area contributed by atoms with Gasteiger partial charge in [0, 0.05) is 12.5 Å². The van der Waals surface area contributed by atoms with E-state index in [1.54, 1.807) is 0 Å². The molecule has 0 aliphatic carbocycles. The molecule has 0 saturated carbocycles. The van der Waals surface area contributed by atoms with Gasteiger partial charge in [0.05, 0.1) is 11.9 Å². The molecule has 0 amide bonds. The predicted octanol–water partition coefficient (Wildman–Crippen LogP) is 3.29. The molecule has 1 aromatic carbocycles. The van der Waals surface area contributed by atoms with Crippen molar-refractivity contribution in [3.8, 4) is 5.75 Å². The maximum absolute atomic E-state index is 5.85. The van der Waals surface area contributed by atoms with Crippen LogP contribution >= 0.6 is 0 Å². The molecule has 2 atom stereocenters. The molecule has 4 heteroatoms. The Labute approximate surface area is 138 Å². The van der Waals surface area contributed by atoms with Crippen molar-refractivity contribution in [3.63, 3.8) is 0 Å². The molecule has 122 valence electrons. The van der Waals surface area contributed by atoms with Crippen molar-refractivity contribution >= 4 is 0 Å². The summed E-state index contributed by atoms with van der Waals surface area (Å²) in [5.41, 5.74) is 2.08. The van der Waals surface area contributed by atoms with Gasteiger partial charge in [0.15, 0.2) is 5.75 Å². The molecule has 1 aliphatic heterocycles. The summed E-state index contributed by atoms with van der Waals surface area (Å²) in [4.78, 5) is 9.16. The molecule has 23 heavy (non-hydrogen) atoms. The lowest BCUT2D eigenvalue weighted by molar-refractivity contribution is 0.297. The Balaban J connectivity index is 1.59. The number of rotatable bonds is 5. The minimum atomic E-state index is 0.552. The number of nitrogens with one attached hydrogen (secondary N) is 1. The fraction of sp³-hybridized carbons (Fsp3) is 0.474. The highest BCUT2D eigenvalue weighted by molar-refractivity contribution is 5.24. The number of ether oxygens (including phenoxy) is 1. The van der Waals surface area contributed by atoms with E-state index >= 15 is 0 Å². The van der Waals surface area contributed by atoms with Gasteiger partial charge in [0.25, 0.3) is 0 Å². The topological polar surface area (TPSA) is 47.0 Å². The molecule has 2 aromatic rings. The van der Waals surface area contributed by atoms with Gasteiger partial charge in [-0.2, -0.15) is 0 Å². The monoisotopic (exact) mass is 311 g/mol. The maximum atomic E-state index is 5.85. The lowest BCUT2D eigenvalue weighted by Gasteiger charge is -2.27. The smallest absolute Gasteiger partial charge is 0.159 e. The van der Waals surface area contributed by atoms with Gasteiger partial charge in [-0.15, -0.1) is 0 Å². The van der Waals surface area contributed by atoms with Crippen molar-refractivity contribution < 1.29 is 4.74 Å². The largest absolute Gasteiger partial charge is 0.485 e. The number of hydrogen-bond acceptors (Lipinski definition) is 4. The molecule has 0 bridgehead atoms. The summed E-state index contributed by atoms with van der Waals surface area (Å²) < 4.78 is 5.85. The van der Waals surface area contributed by atoms with Crippen LogP contribution < -0.4 is 10.1 Å². The summed E-state index contributed by atoms with van der Waals surface area (Å²) in [7, 11) is 0. The molecule has 1 fully saturated rings. The highest BCUT2D eigenvalue weighted by Gasteiger charge is 2.19. The van der Waals surface area contributed by atoms with Gasteiger partial charge in [-0.1, -0.05) is 30.3 Å². The predicted molar refractivity (Wildman–Crippen MR) is 91.4 cm³/mol. The zero-order valence-electron chi connectivity index (χ0n) is 14.0. The summed E-state index contributed by atoms with van der Waals surface area (Å²) >= 11 is 0. The molecule has 2 heterocycles. The number of hydrogen-bond donors (Lipinski definition) is 1. The molecular weight excluding hydrogens is 286 g/mol. The lowest BCUT2D eigenvalue weighted by Crippen LogP contribution is -2.36. The van der Waals surface area contributed by atoms with E-state index in [4.69, 9.17) is 4.74 Å². The average molecular weight is 311 g/mol. The van der Waals surface area contributed by atoms with Crippen LogP contribution in [0.4, 0.5) is 0 Å². The van der Waals surface area contributed by atoms with Gasteiger partial charge in [-0.05, 0) is 44.7 Å². The van der Waals surface area contributed by atoms with Crippen LogP contribution in [0.3, 0.4) is 0 Å². The van der Waals surface area contributed by atoms with Crippen molar-refractivity contribution in [1.29, 1.82) is 0 Å². The van der Waals surface area contributed by atoms with Crippen LogP contribution in [0.5, 0.6) is 5.75 Å². The summed E-state index contributed by atoms with van der Waals surface area (Å²) in [6, 6.07) is 10.8. The Kier molecular flexibility index (Phi) is 5.23. The maximum Gasteiger partial charge on any atom is 0.159 e. The lowest BCUT2D eigenvalue weighted by atomic mass is 9.90. The SMILES string of the molecule is Cc1nc(CC2CCNC(C)C2)ncc1OCc1ccccc1. The van der Waals surface area contributed by atoms with E-state index < -0.39 is 0 Å². The van der Waals surface area contributed by atoms with E-state index in [2.05, 4.69) is 34.3 Å². The Bertz CT molecular complexity index is 630. The van der Waals surface area contributed by atoms with Crippen LogP contribution in [-0.2, 0) is 13.0 Å². The van der Waals surface area contributed by atoms with Crippen molar-refractivity contribution in [2.75, 3.05) is 6.54 Å². The molecule has 1 saturated heterocycles. The van der Waals surface area contributed by atoms with Gasteiger partial charge >= 0.3 is 0 Å². The van der Waals surface area contributed by atoms with Gasteiger partial charge < -0.3 is 10.1 Å². The van der Waals surface area contributed by atoms with E-state index in [9.17, 15) is 0 Å². The van der Waals surface area contributed by atoms with Crippen molar-refractivity contribution in [2.24, 2.45) is 5.92 Å². The molecule has 2 unspecified atom stereocenters. The third-order valence-electron chi connectivity index (χ3n) is 4.42. The molecule has 4 nitrogen and oxygen atoms in total. The fourth-order valence-electron chi connectivity index (χ4n) is 3.16. The normalized spacial score (nSPS) is 21.1. The number of aromatic nitrogens is 2. The zero-order valence-corrected chi connectivity index (χ0v) is 14.0. The standard InChI is InChI=1S/C19H25N3O/c1-14-10-17(8-9-20-14)11-19-21-12-18(15(2)22-19)23-13-16-6-4-3-5-7-16/h3-7,12,14,17,20H,8-11,13H2,1-2H3. The second-order valence-corrected chi connectivity index (χ2v) is 6.46. The van der Waals surface area contributed by atoms with E-state index in [1.807, 2.05) is 31.3 Å². The second-order valence-electron chi connectivity index (χ2n) is 6.46. The Morgan fingerprint density at radius 3 is 2.83 bits per heavy atom. The van der Waals surface area contributed by atoms with Crippen LogP contribution in [0.25, 0.3) is 0 Å². The highest BCUT2D eigenvalue weighted by atomic mass is 16.5. The first-order valence-corrected chi connectivity index (χ1v) is 8.43. The van der Waals surface area contributed by atoms with Gasteiger partial charge in [0.2, 0.25) is 0 Å². The molecule has 0 radical (unpaired) electrons. The average Bonchev–Trinajstić information content (AvgIpc) is 2.55. The first-order chi connectivity index (χ1) is 11.2. The minimum absolute atomic E-state index is 0.552. The van der Waals surface area contributed by atoms with Crippen LogP contribution in [-0.4, -0.2) is 22.6 Å². The van der Waals surface area contributed by atoms with Crippen molar-refractivity contribution in [2.45, 2.75) is 45.8 Å². The first-order valence-electron chi connectivity index (χ1n) is 8.43. The molecule has 0 spiro atoms. The molecule has 1 N–H and O–H groups in total. The van der Waals surface area contributed by atoms with Gasteiger partial charge in [-0.3, -0.25) is 0 Å². The summed E-state index contributed by atoms with van der Waals surface area (Å²) in [6.45, 7) is 5.90. The number of aryl methyl sites for hydroxylation is 1. The highest BCUT2D eigenvalue weighted by Crippen LogP contribution is 2.21. The molecule has 1 aromatic heterocycles. The minimum Gasteiger partial charge on any atom is -0.485 e. The number of benzene rings is 1. The van der Waals surface area contributed by atoms with E-state index in [-0.39, 0.29) is 0 Å². The molecule has 3 rings (SSSR count). The van der Waals surface area contributed by atoms with Gasteiger partial charge in [-0.25, -0.2) is 9.97 Å². The van der Waals surface area contributed by atoms with Crippen LogP contribution in [0.15, 0.2) is 36.5 Å². The molecular formula is C19H25N3O. The molecule has 1 aliphatic rings. The number of piperidine rings is 1.